The van der Waals surface area contributed by atoms with Gasteiger partial charge in [-0.15, -0.1) is 0 Å². The van der Waals surface area contributed by atoms with E-state index in [0.717, 1.165) is 16.7 Å². The number of aryl methyl sites for hydroxylation is 4. The Labute approximate surface area is 190 Å². The van der Waals surface area contributed by atoms with Crippen LogP contribution in [0.25, 0.3) is 22.2 Å². The number of carbonyl (C=O) groups is 1. The largest absolute Gasteiger partial charge is 0.323 e. The summed E-state index contributed by atoms with van der Waals surface area (Å²) in [4.78, 5) is 30.7. The van der Waals surface area contributed by atoms with Crippen LogP contribution in [0.15, 0.2) is 59.5 Å². The number of fused-ring (bicyclic) bond motifs is 1. The molecule has 2 aromatic carbocycles. The molecule has 0 bridgehead atoms. The molecular formula is C25H23ClN4O2. The second-order valence-electron chi connectivity index (χ2n) is 7.82. The molecule has 2 heterocycles. The quantitative estimate of drug-likeness (QED) is 0.416. The van der Waals surface area contributed by atoms with Gasteiger partial charge in [0.15, 0.2) is 0 Å². The first-order valence-corrected chi connectivity index (χ1v) is 10.5. The molecule has 162 valence electrons. The smallest absolute Gasteiger partial charge is 0.307 e. The van der Waals surface area contributed by atoms with Gasteiger partial charge in [0.25, 0.3) is 5.56 Å². The number of hydrogen-bond donors (Lipinski definition) is 2. The van der Waals surface area contributed by atoms with Crippen molar-refractivity contribution in [3.63, 3.8) is 0 Å². The van der Waals surface area contributed by atoms with Crippen molar-refractivity contribution < 1.29 is 4.79 Å². The molecule has 0 aliphatic rings. The molecule has 2 N–H and O–H groups in total. The van der Waals surface area contributed by atoms with E-state index in [1.165, 1.54) is 4.57 Å². The molecule has 0 radical (unpaired) electrons. The Bertz CT molecular complexity index is 1400. The first-order valence-electron chi connectivity index (χ1n) is 10.2. The van der Waals surface area contributed by atoms with Crippen LogP contribution in [0.4, 0.5) is 16.2 Å². The molecule has 6 nitrogen and oxygen atoms in total. The number of hydrogen-bond acceptors (Lipinski definition) is 3. The van der Waals surface area contributed by atoms with E-state index in [0.29, 0.717) is 32.9 Å². The molecule has 32 heavy (non-hydrogen) atoms. The third-order valence-corrected chi connectivity index (χ3v) is 5.77. The van der Waals surface area contributed by atoms with Crippen LogP contribution in [-0.4, -0.2) is 15.6 Å². The van der Waals surface area contributed by atoms with Gasteiger partial charge >= 0.3 is 6.03 Å². The van der Waals surface area contributed by atoms with Crippen molar-refractivity contribution in [3.8, 4) is 11.1 Å². The molecule has 4 rings (SSSR count). The fourth-order valence-electron chi connectivity index (χ4n) is 4.06. The maximum absolute atomic E-state index is 13.3. The summed E-state index contributed by atoms with van der Waals surface area (Å²) in [7, 11) is 1.63. The minimum atomic E-state index is -0.506. The normalized spacial score (nSPS) is 10.9. The van der Waals surface area contributed by atoms with Gasteiger partial charge in [-0.2, -0.15) is 0 Å². The van der Waals surface area contributed by atoms with E-state index in [1.54, 1.807) is 25.4 Å². The maximum Gasteiger partial charge on any atom is 0.323 e. The predicted octanol–water partition coefficient (Wildman–Crippen LogP) is 5.82. The Hall–Kier alpha value is -3.64. The fraction of sp³-hybridized carbons (Fsp3) is 0.160. The van der Waals surface area contributed by atoms with Crippen LogP contribution in [0.5, 0.6) is 0 Å². The molecule has 0 unspecified atom stereocenters. The van der Waals surface area contributed by atoms with Gasteiger partial charge in [-0.3, -0.25) is 9.36 Å². The van der Waals surface area contributed by atoms with Crippen LogP contribution >= 0.6 is 11.6 Å². The van der Waals surface area contributed by atoms with Crippen LogP contribution in [0.3, 0.4) is 0 Å². The molecule has 0 fully saturated rings. The summed E-state index contributed by atoms with van der Waals surface area (Å²) in [5, 5.41) is 6.86. The van der Waals surface area contributed by atoms with Crippen molar-refractivity contribution in [2.75, 3.05) is 10.6 Å². The van der Waals surface area contributed by atoms with Crippen LogP contribution in [0, 0.1) is 20.8 Å². The number of aromatic nitrogens is 2. The molecule has 4 aromatic rings. The molecule has 0 saturated heterocycles. The lowest BCUT2D eigenvalue weighted by molar-refractivity contribution is 0.262. The van der Waals surface area contributed by atoms with Crippen molar-refractivity contribution in [1.82, 2.24) is 9.55 Å². The van der Waals surface area contributed by atoms with Gasteiger partial charge in [0.1, 0.15) is 11.3 Å². The standard InChI is InChI=1S/C25H23ClN4O2/c1-14-12-15(2)21(16(3)13-14)28-25(32)29-22-20(17-8-5-6-10-19(17)26)18-9-7-11-27-23(18)30(4)24(22)31/h5-13H,1-4H3,(H2,28,29,32). The third kappa shape index (κ3) is 3.85. The Morgan fingerprint density at radius 3 is 2.31 bits per heavy atom. The second kappa shape index (κ2) is 8.48. The summed E-state index contributed by atoms with van der Waals surface area (Å²) in [5.41, 5.74) is 5.16. The minimum absolute atomic E-state index is 0.140. The van der Waals surface area contributed by atoms with Crippen LogP contribution in [-0.2, 0) is 7.05 Å². The van der Waals surface area contributed by atoms with Crippen molar-refractivity contribution in [2.24, 2.45) is 7.05 Å². The number of amides is 2. The van der Waals surface area contributed by atoms with E-state index < -0.39 is 6.03 Å². The Morgan fingerprint density at radius 1 is 0.969 bits per heavy atom. The summed E-state index contributed by atoms with van der Waals surface area (Å²) in [6.07, 6.45) is 1.63. The number of nitrogens with zero attached hydrogens (tertiary/aromatic N) is 2. The number of urea groups is 1. The van der Waals surface area contributed by atoms with Crippen molar-refractivity contribution in [1.29, 1.82) is 0 Å². The van der Waals surface area contributed by atoms with E-state index in [2.05, 4.69) is 15.6 Å². The first-order chi connectivity index (χ1) is 15.3. The molecule has 7 heteroatoms. The molecule has 0 aliphatic heterocycles. The molecule has 2 amide bonds. The lowest BCUT2D eigenvalue weighted by Crippen LogP contribution is -2.29. The van der Waals surface area contributed by atoms with Gasteiger partial charge < -0.3 is 10.6 Å². The van der Waals surface area contributed by atoms with Gasteiger partial charge in [-0.05, 0) is 50.1 Å². The highest BCUT2D eigenvalue weighted by Gasteiger charge is 2.21. The Balaban J connectivity index is 1.87. The first kappa shape index (κ1) is 21.6. The highest BCUT2D eigenvalue weighted by Crippen LogP contribution is 2.36. The van der Waals surface area contributed by atoms with E-state index in [1.807, 2.05) is 57.2 Å². The lowest BCUT2D eigenvalue weighted by atomic mass is 10.0. The van der Waals surface area contributed by atoms with Gasteiger partial charge in [0.05, 0.1) is 0 Å². The zero-order valence-corrected chi connectivity index (χ0v) is 19.0. The lowest BCUT2D eigenvalue weighted by Gasteiger charge is -2.18. The molecule has 0 spiro atoms. The molecule has 0 saturated carbocycles. The number of anilines is 2. The molecule has 0 atom stereocenters. The van der Waals surface area contributed by atoms with E-state index >= 15 is 0 Å². The monoisotopic (exact) mass is 446 g/mol. The van der Waals surface area contributed by atoms with E-state index in [4.69, 9.17) is 11.6 Å². The number of benzene rings is 2. The Morgan fingerprint density at radius 2 is 1.62 bits per heavy atom. The van der Waals surface area contributed by atoms with Gasteiger partial charge in [0.2, 0.25) is 0 Å². The van der Waals surface area contributed by atoms with Gasteiger partial charge in [-0.25, -0.2) is 9.78 Å². The number of carbonyl (C=O) groups excluding carboxylic acids is 1. The summed E-state index contributed by atoms with van der Waals surface area (Å²) in [6, 6.07) is 14.4. The second-order valence-corrected chi connectivity index (χ2v) is 8.23. The van der Waals surface area contributed by atoms with Gasteiger partial charge in [0, 0.05) is 40.5 Å². The molecule has 2 aromatic heterocycles. The zero-order valence-electron chi connectivity index (χ0n) is 18.3. The van der Waals surface area contributed by atoms with E-state index in [-0.39, 0.29) is 11.2 Å². The summed E-state index contributed by atoms with van der Waals surface area (Å²) < 4.78 is 1.42. The van der Waals surface area contributed by atoms with E-state index in [9.17, 15) is 9.59 Å². The fourth-order valence-corrected chi connectivity index (χ4v) is 4.29. The molecule has 0 aliphatic carbocycles. The summed E-state index contributed by atoms with van der Waals surface area (Å²) in [5.74, 6) is 0. The van der Waals surface area contributed by atoms with Crippen LogP contribution in [0.2, 0.25) is 5.02 Å². The third-order valence-electron chi connectivity index (χ3n) is 5.44. The Kier molecular flexibility index (Phi) is 5.72. The highest BCUT2D eigenvalue weighted by molar-refractivity contribution is 6.34. The van der Waals surface area contributed by atoms with Crippen LogP contribution in [0.1, 0.15) is 16.7 Å². The van der Waals surface area contributed by atoms with Crippen molar-refractivity contribution >= 4 is 40.0 Å². The summed E-state index contributed by atoms with van der Waals surface area (Å²) in [6.45, 7) is 5.88. The van der Waals surface area contributed by atoms with Gasteiger partial charge in [-0.1, -0.05) is 47.5 Å². The number of rotatable bonds is 3. The number of nitrogens with one attached hydrogen (secondary N) is 2. The van der Waals surface area contributed by atoms with Crippen molar-refractivity contribution in [2.45, 2.75) is 20.8 Å². The number of halogens is 1. The molecular weight excluding hydrogens is 424 g/mol. The average Bonchev–Trinajstić information content (AvgIpc) is 2.75. The highest BCUT2D eigenvalue weighted by atomic mass is 35.5. The van der Waals surface area contributed by atoms with Crippen molar-refractivity contribution in [3.05, 3.63) is 86.8 Å². The maximum atomic E-state index is 13.3. The van der Waals surface area contributed by atoms with Crippen LogP contribution < -0.4 is 16.2 Å². The number of pyridine rings is 2. The summed E-state index contributed by atoms with van der Waals surface area (Å²) >= 11 is 6.49. The SMILES string of the molecule is Cc1cc(C)c(NC(=O)Nc2c(-c3ccccc3Cl)c3cccnc3n(C)c2=O)c(C)c1. The topological polar surface area (TPSA) is 76.0 Å². The minimum Gasteiger partial charge on any atom is -0.307 e. The predicted molar refractivity (Wildman–Crippen MR) is 131 cm³/mol. The zero-order chi connectivity index (χ0) is 23.0. The average molecular weight is 447 g/mol.